The number of carbonyl (C=O) groups excluding carboxylic acids is 1. The highest BCUT2D eigenvalue weighted by atomic mass is 32.2. The van der Waals surface area contributed by atoms with Crippen molar-refractivity contribution in [2.75, 3.05) is 10.8 Å². The van der Waals surface area contributed by atoms with Gasteiger partial charge in [-0.2, -0.15) is 4.99 Å². The van der Waals surface area contributed by atoms with Crippen LogP contribution in [0, 0.1) is 0 Å². The van der Waals surface area contributed by atoms with Gasteiger partial charge in [-0.05, 0) is 60.4 Å². The monoisotopic (exact) mass is 477 g/mol. The van der Waals surface area contributed by atoms with E-state index >= 15 is 0 Å². The van der Waals surface area contributed by atoms with Crippen molar-refractivity contribution < 1.29 is 13.2 Å². The van der Waals surface area contributed by atoms with Crippen molar-refractivity contribution in [3.8, 4) is 0 Å². The second-order valence-corrected chi connectivity index (χ2v) is 10.8. The lowest BCUT2D eigenvalue weighted by atomic mass is 10.1. The predicted molar refractivity (Wildman–Crippen MR) is 131 cm³/mol. The van der Waals surface area contributed by atoms with E-state index in [4.69, 9.17) is 0 Å². The molecule has 0 fully saturated rings. The van der Waals surface area contributed by atoms with Crippen LogP contribution in [0.4, 0.5) is 5.69 Å². The molecule has 0 saturated carbocycles. The molecule has 0 bridgehead atoms. The molecule has 0 aliphatic carbocycles. The molecular weight excluding hydrogens is 454 g/mol. The molecular formula is C25H23N3O3S2. The summed E-state index contributed by atoms with van der Waals surface area (Å²) >= 11 is 1.47. The topological polar surface area (TPSA) is 71.7 Å². The van der Waals surface area contributed by atoms with Gasteiger partial charge < -0.3 is 4.57 Å². The first-order valence-corrected chi connectivity index (χ1v) is 13.0. The first kappa shape index (κ1) is 21.6. The Kier molecular flexibility index (Phi) is 5.42. The molecule has 3 aromatic carbocycles. The van der Waals surface area contributed by atoms with Crippen LogP contribution >= 0.6 is 11.3 Å². The van der Waals surface area contributed by atoms with Gasteiger partial charge in [-0.3, -0.25) is 9.10 Å². The lowest BCUT2D eigenvalue weighted by Gasteiger charge is -2.19. The summed E-state index contributed by atoms with van der Waals surface area (Å²) in [5.41, 5.74) is 4.39. The zero-order valence-electron chi connectivity index (χ0n) is 18.4. The average molecular weight is 478 g/mol. The number of amides is 1. The number of para-hydroxylation sites is 2. The maximum absolute atomic E-state index is 13.2. The summed E-state index contributed by atoms with van der Waals surface area (Å²) in [7, 11) is -1.79. The molecule has 1 aliphatic heterocycles. The first-order valence-electron chi connectivity index (χ1n) is 10.8. The van der Waals surface area contributed by atoms with Crippen LogP contribution in [0.3, 0.4) is 0 Å². The molecule has 0 saturated heterocycles. The van der Waals surface area contributed by atoms with Gasteiger partial charge >= 0.3 is 0 Å². The minimum Gasteiger partial charge on any atom is -0.319 e. The fraction of sp³-hybridized carbons (Fsp3) is 0.200. The van der Waals surface area contributed by atoms with Gasteiger partial charge in [0.15, 0.2) is 4.80 Å². The van der Waals surface area contributed by atoms with Gasteiger partial charge in [-0.25, -0.2) is 8.42 Å². The van der Waals surface area contributed by atoms with Gasteiger partial charge in [0, 0.05) is 19.2 Å². The number of hydrogen-bond acceptors (Lipinski definition) is 4. The van der Waals surface area contributed by atoms with E-state index in [0.717, 1.165) is 27.9 Å². The summed E-state index contributed by atoms with van der Waals surface area (Å²) in [6.45, 7) is 2.52. The summed E-state index contributed by atoms with van der Waals surface area (Å²) in [6, 6.07) is 19.7. The van der Waals surface area contributed by atoms with Gasteiger partial charge in [0.1, 0.15) is 0 Å². The molecule has 1 aromatic heterocycles. The van der Waals surface area contributed by atoms with Crippen molar-refractivity contribution >= 4 is 43.2 Å². The van der Waals surface area contributed by atoms with Gasteiger partial charge in [0.2, 0.25) is 0 Å². The summed E-state index contributed by atoms with van der Waals surface area (Å²) in [5, 5.41) is 0. The lowest BCUT2D eigenvalue weighted by Crippen LogP contribution is -2.29. The van der Waals surface area contributed by atoms with E-state index in [1.54, 1.807) is 0 Å². The van der Waals surface area contributed by atoms with Crippen molar-refractivity contribution in [1.82, 2.24) is 4.57 Å². The normalized spacial score (nSPS) is 14.1. The zero-order chi connectivity index (χ0) is 23.2. The second kappa shape index (κ2) is 8.28. The second-order valence-electron chi connectivity index (χ2n) is 7.96. The third kappa shape index (κ3) is 3.69. The molecule has 0 radical (unpaired) electrons. The maximum atomic E-state index is 13.2. The van der Waals surface area contributed by atoms with Crippen LogP contribution in [0.1, 0.15) is 28.4 Å². The number of nitrogens with zero attached hydrogens (tertiary/aromatic N) is 3. The van der Waals surface area contributed by atoms with Crippen LogP contribution in [0.15, 0.2) is 76.6 Å². The largest absolute Gasteiger partial charge is 0.319 e. The number of thiazole rings is 1. The van der Waals surface area contributed by atoms with E-state index < -0.39 is 15.9 Å². The Hall–Kier alpha value is -3.23. The van der Waals surface area contributed by atoms with Crippen LogP contribution in [0.25, 0.3) is 10.2 Å². The van der Waals surface area contributed by atoms with Crippen LogP contribution in [-0.4, -0.2) is 25.4 Å². The van der Waals surface area contributed by atoms with E-state index in [1.165, 1.54) is 45.5 Å². The number of sulfonamides is 1. The summed E-state index contributed by atoms with van der Waals surface area (Å²) < 4.78 is 30.8. The molecule has 0 atom stereocenters. The minimum absolute atomic E-state index is 0.163. The SMILES string of the molecule is CCc1cccc2sc(=NC(=O)c3ccc(S(=O)(=O)N4CCc5ccccc54)cc3)n(C)c12. The lowest BCUT2D eigenvalue weighted by molar-refractivity contribution is 0.0998. The van der Waals surface area contributed by atoms with Crippen molar-refractivity contribution in [3.05, 3.63) is 88.2 Å². The number of fused-ring (bicyclic) bond motifs is 2. The predicted octanol–water partition coefficient (Wildman–Crippen LogP) is 4.29. The molecule has 6 nitrogen and oxygen atoms in total. The number of aromatic nitrogens is 1. The van der Waals surface area contributed by atoms with Gasteiger partial charge in [0.25, 0.3) is 15.9 Å². The number of aryl methyl sites for hydroxylation is 2. The van der Waals surface area contributed by atoms with Crippen molar-refractivity contribution in [1.29, 1.82) is 0 Å². The van der Waals surface area contributed by atoms with E-state index in [-0.39, 0.29) is 4.90 Å². The van der Waals surface area contributed by atoms with Crippen molar-refractivity contribution in [3.63, 3.8) is 0 Å². The fourth-order valence-corrected chi connectivity index (χ4v) is 6.85. The van der Waals surface area contributed by atoms with E-state index in [0.29, 0.717) is 23.3 Å². The quantitative estimate of drug-likeness (QED) is 0.440. The van der Waals surface area contributed by atoms with Crippen molar-refractivity contribution in [2.45, 2.75) is 24.7 Å². The van der Waals surface area contributed by atoms with Gasteiger partial charge in [-0.15, -0.1) is 0 Å². The Balaban J connectivity index is 1.45. The molecule has 1 aliphatic rings. The van der Waals surface area contributed by atoms with Crippen LogP contribution in [-0.2, 0) is 29.9 Å². The average Bonchev–Trinajstić information content (AvgIpc) is 3.41. The number of hydrogen-bond donors (Lipinski definition) is 0. The van der Waals surface area contributed by atoms with Gasteiger partial charge in [0.05, 0.1) is 20.8 Å². The maximum Gasteiger partial charge on any atom is 0.279 e. The molecule has 4 aromatic rings. The van der Waals surface area contributed by atoms with Crippen molar-refractivity contribution in [2.24, 2.45) is 12.0 Å². The highest BCUT2D eigenvalue weighted by Gasteiger charge is 2.30. The Labute approximate surface area is 196 Å². The standard InChI is InChI=1S/C25H23N3O3S2/c1-3-17-8-6-10-22-23(17)27(2)25(32-22)26-24(29)19-11-13-20(14-12-19)33(30,31)28-16-15-18-7-4-5-9-21(18)28/h4-14H,3,15-16H2,1-2H3. The number of carbonyl (C=O) groups is 1. The molecule has 8 heteroatoms. The highest BCUT2D eigenvalue weighted by Crippen LogP contribution is 2.32. The minimum atomic E-state index is -3.70. The van der Waals surface area contributed by atoms with Crippen LogP contribution < -0.4 is 9.11 Å². The van der Waals surface area contributed by atoms with Gasteiger partial charge in [-0.1, -0.05) is 48.6 Å². The molecule has 0 spiro atoms. The van der Waals surface area contributed by atoms with Crippen LogP contribution in [0.2, 0.25) is 0 Å². The molecule has 5 rings (SSSR count). The number of benzene rings is 3. The van der Waals surface area contributed by atoms with Crippen LogP contribution in [0.5, 0.6) is 0 Å². The Morgan fingerprint density at radius 1 is 1.03 bits per heavy atom. The molecule has 0 N–H and O–H groups in total. The Bertz CT molecular complexity index is 1550. The summed E-state index contributed by atoms with van der Waals surface area (Å²) in [6.07, 6.45) is 1.59. The smallest absolute Gasteiger partial charge is 0.279 e. The summed E-state index contributed by atoms with van der Waals surface area (Å²) in [5.74, 6) is -0.398. The molecule has 33 heavy (non-hydrogen) atoms. The molecule has 168 valence electrons. The highest BCUT2D eigenvalue weighted by molar-refractivity contribution is 7.92. The van der Waals surface area contributed by atoms with E-state index in [9.17, 15) is 13.2 Å². The number of anilines is 1. The third-order valence-corrected chi connectivity index (χ3v) is 8.94. The Morgan fingerprint density at radius 3 is 2.55 bits per heavy atom. The first-order chi connectivity index (χ1) is 15.9. The summed E-state index contributed by atoms with van der Waals surface area (Å²) in [4.78, 5) is 17.9. The molecule has 1 amide bonds. The fourth-order valence-electron chi connectivity index (χ4n) is 4.28. The Morgan fingerprint density at radius 2 is 1.79 bits per heavy atom. The number of rotatable bonds is 4. The van der Waals surface area contributed by atoms with E-state index in [2.05, 4.69) is 18.0 Å². The van der Waals surface area contributed by atoms with E-state index in [1.807, 2.05) is 48.0 Å². The third-order valence-electron chi connectivity index (χ3n) is 6.02. The molecule has 0 unspecified atom stereocenters. The zero-order valence-corrected chi connectivity index (χ0v) is 20.0. The molecule has 2 heterocycles.